The van der Waals surface area contributed by atoms with Gasteiger partial charge in [-0.05, 0) is 31.4 Å². The van der Waals surface area contributed by atoms with Crippen LogP contribution in [-0.4, -0.2) is 33.8 Å². The minimum Gasteiger partial charge on any atom is -0.353 e. The quantitative estimate of drug-likeness (QED) is 0.621. The number of benzene rings is 1. The summed E-state index contributed by atoms with van der Waals surface area (Å²) in [5.74, 6) is 0.111. The molecule has 1 aromatic carbocycles. The first-order chi connectivity index (χ1) is 14.2. The zero-order chi connectivity index (χ0) is 20.5. The predicted octanol–water partition coefficient (Wildman–Crippen LogP) is 4.67. The number of aryl methyl sites for hydroxylation is 1. The van der Waals surface area contributed by atoms with Gasteiger partial charge in [0, 0.05) is 10.9 Å². The summed E-state index contributed by atoms with van der Waals surface area (Å²) in [6, 6.07) is 7.64. The molecule has 6 nitrogen and oxygen atoms in total. The average molecular weight is 433 g/mol. The SMILES string of the molecule is CCc1nnc(NC(=O)c2ccccc2SCC(=O)NC2CCCCCCC2)s1. The third-order valence-corrected chi connectivity index (χ3v) is 7.01. The van der Waals surface area contributed by atoms with Gasteiger partial charge in [0.15, 0.2) is 0 Å². The van der Waals surface area contributed by atoms with Crippen LogP contribution in [0.15, 0.2) is 29.2 Å². The van der Waals surface area contributed by atoms with Crippen molar-refractivity contribution >= 4 is 40.0 Å². The molecule has 2 N–H and O–H groups in total. The Labute approximate surface area is 180 Å². The van der Waals surface area contributed by atoms with Gasteiger partial charge in [-0.15, -0.1) is 22.0 Å². The second-order valence-electron chi connectivity index (χ2n) is 7.20. The molecule has 1 fully saturated rings. The van der Waals surface area contributed by atoms with Gasteiger partial charge in [-0.1, -0.05) is 62.5 Å². The van der Waals surface area contributed by atoms with Crippen molar-refractivity contribution in [3.63, 3.8) is 0 Å². The van der Waals surface area contributed by atoms with Crippen LogP contribution in [0.2, 0.25) is 0 Å². The maximum Gasteiger partial charge on any atom is 0.258 e. The first-order valence-electron chi connectivity index (χ1n) is 10.3. The summed E-state index contributed by atoms with van der Waals surface area (Å²) in [5, 5.41) is 15.4. The van der Waals surface area contributed by atoms with Crippen molar-refractivity contribution in [2.45, 2.75) is 69.2 Å². The van der Waals surface area contributed by atoms with E-state index in [1.807, 2.05) is 25.1 Å². The van der Waals surface area contributed by atoms with Gasteiger partial charge in [0.05, 0.1) is 11.3 Å². The molecular formula is C21H28N4O2S2. The first kappa shape index (κ1) is 21.8. The fourth-order valence-electron chi connectivity index (χ4n) is 3.40. The van der Waals surface area contributed by atoms with Crippen molar-refractivity contribution in [2.75, 3.05) is 11.1 Å². The van der Waals surface area contributed by atoms with Gasteiger partial charge in [-0.3, -0.25) is 14.9 Å². The molecule has 8 heteroatoms. The van der Waals surface area contributed by atoms with Crippen LogP contribution in [0, 0.1) is 0 Å². The Morgan fingerprint density at radius 3 is 2.55 bits per heavy atom. The number of anilines is 1. The number of hydrogen-bond donors (Lipinski definition) is 2. The fraction of sp³-hybridized carbons (Fsp3) is 0.524. The number of carbonyl (C=O) groups excluding carboxylic acids is 2. The Morgan fingerprint density at radius 2 is 1.83 bits per heavy atom. The van der Waals surface area contributed by atoms with Crippen LogP contribution in [0.5, 0.6) is 0 Å². The van der Waals surface area contributed by atoms with Crippen LogP contribution in [-0.2, 0) is 11.2 Å². The zero-order valence-corrected chi connectivity index (χ0v) is 18.4. The smallest absolute Gasteiger partial charge is 0.258 e. The summed E-state index contributed by atoms with van der Waals surface area (Å²) < 4.78 is 0. The number of nitrogens with one attached hydrogen (secondary N) is 2. The molecule has 1 heterocycles. The summed E-state index contributed by atoms with van der Waals surface area (Å²) in [6.45, 7) is 2.00. The second-order valence-corrected chi connectivity index (χ2v) is 9.28. The van der Waals surface area contributed by atoms with E-state index < -0.39 is 0 Å². The second kappa shape index (κ2) is 11.3. The van der Waals surface area contributed by atoms with Gasteiger partial charge in [-0.25, -0.2) is 0 Å². The largest absolute Gasteiger partial charge is 0.353 e. The molecule has 0 radical (unpaired) electrons. The molecule has 0 bridgehead atoms. The lowest BCUT2D eigenvalue weighted by molar-refractivity contribution is -0.119. The molecule has 2 amide bonds. The van der Waals surface area contributed by atoms with Gasteiger partial charge in [-0.2, -0.15) is 0 Å². The zero-order valence-electron chi connectivity index (χ0n) is 16.8. The maximum absolute atomic E-state index is 12.7. The van der Waals surface area contributed by atoms with Crippen LogP contribution >= 0.6 is 23.1 Å². The molecule has 0 unspecified atom stereocenters. The van der Waals surface area contributed by atoms with Crippen molar-refractivity contribution in [2.24, 2.45) is 0 Å². The molecule has 156 valence electrons. The van der Waals surface area contributed by atoms with Crippen LogP contribution < -0.4 is 10.6 Å². The fourth-order valence-corrected chi connectivity index (χ4v) is 4.94. The molecule has 2 aromatic rings. The molecule has 1 saturated carbocycles. The summed E-state index contributed by atoms with van der Waals surface area (Å²) in [5.41, 5.74) is 0.546. The Bertz CT molecular complexity index is 817. The molecule has 0 atom stereocenters. The molecule has 3 rings (SSSR count). The third kappa shape index (κ3) is 6.82. The Morgan fingerprint density at radius 1 is 1.10 bits per heavy atom. The van der Waals surface area contributed by atoms with E-state index in [1.165, 1.54) is 55.2 Å². The summed E-state index contributed by atoms with van der Waals surface area (Å²) >= 11 is 2.77. The van der Waals surface area contributed by atoms with Crippen molar-refractivity contribution in [1.82, 2.24) is 15.5 Å². The molecule has 1 aliphatic carbocycles. The number of rotatable bonds is 7. The highest BCUT2D eigenvalue weighted by Gasteiger charge is 2.17. The van der Waals surface area contributed by atoms with Gasteiger partial charge in [0.2, 0.25) is 11.0 Å². The van der Waals surface area contributed by atoms with Gasteiger partial charge < -0.3 is 5.32 Å². The van der Waals surface area contributed by atoms with Gasteiger partial charge in [0.1, 0.15) is 5.01 Å². The Hall–Kier alpha value is -1.93. The van der Waals surface area contributed by atoms with Crippen molar-refractivity contribution in [3.05, 3.63) is 34.8 Å². The van der Waals surface area contributed by atoms with E-state index >= 15 is 0 Å². The Balaban J connectivity index is 1.55. The van der Waals surface area contributed by atoms with Crippen LogP contribution in [0.25, 0.3) is 0 Å². The lowest BCUT2D eigenvalue weighted by Crippen LogP contribution is -2.36. The standard InChI is InChI=1S/C21H28N4O2S2/c1-2-19-24-25-21(29-19)23-20(27)16-12-8-9-13-17(16)28-14-18(26)22-15-10-6-4-3-5-7-11-15/h8-9,12-13,15H,2-7,10-11,14H2,1H3,(H,22,26)(H,23,25,27). The molecule has 1 aliphatic rings. The first-order valence-corrected chi connectivity index (χ1v) is 12.1. The summed E-state index contributed by atoms with van der Waals surface area (Å²) in [6.07, 6.45) is 9.13. The number of amides is 2. The van der Waals surface area contributed by atoms with Crippen LogP contribution in [0.4, 0.5) is 5.13 Å². The lowest BCUT2D eigenvalue weighted by atomic mass is 9.97. The molecular weight excluding hydrogens is 404 g/mol. The molecule has 29 heavy (non-hydrogen) atoms. The minimum atomic E-state index is -0.229. The normalized spacial score (nSPS) is 15.3. The molecule has 1 aromatic heterocycles. The monoisotopic (exact) mass is 432 g/mol. The third-order valence-electron chi connectivity index (χ3n) is 4.95. The maximum atomic E-state index is 12.7. The molecule has 0 aliphatic heterocycles. The van der Waals surface area contributed by atoms with Crippen LogP contribution in [0.1, 0.15) is 67.2 Å². The Kier molecular flexibility index (Phi) is 8.49. The number of aromatic nitrogens is 2. The molecule has 0 saturated heterocycles. The van der Waals surface area contributed by atoms with Crippen molar-refractivity contribution < 1.29 is 9.59 Å². The highest BCUT2D eigenvalue weighted by Crippen LogP contribution is 2.25. The van der Waals surface area contributed by atoms with E-state index in [4.69, 9.17) is 0 Å². The summed E-state index contributed by atoms with van der Waals surface area (Å²) in [4.78, 5) is 25.9. The van der Waals surface area contributed by atoms with E-state index in [0.29, 0.717) is 16.4 Å². The van der Waals surface area contributed by atoms with Crippen molar-refractivity contribution in [1.29, 1.82) is 0 Å². The van der Waals surface area contributed by atoms with E-state index in [1.54, 1.807) is 6.07 Å². The highest BCUT2D eigenvalue weighted by atomic mass is 32.2. The van der Waals surface area contributed by atoms with E-state index in [2.05, 4.69) is 20.8 Å². The highest BCUT2D eigenvalue weighted by molar-refractivity contribution is 8.00. The topological polar surface area (TPSA) is 84.0 Å². The van der Waals surface area contributed by atoms with Crippen molar-refractivity contribution in [3.8, 4) is 0 Å². The lowest BCUT2D eigenvalue weighted by Gasteiger charge is -2.21. The van der Waals surface area contributed by atoms with E-state index in [9.17, 15) is 9.59 Å². The number of hydrogen-bond acceptors (Lipinski definition) is 6. The average Bonchev–Trinajstić information content (AvgIpc) is 3.16. The summed E-state index contributed by atoms with van der Waals surface area (Å²) in [7, 11) is 0. The van der Waals surface area contributed by atoms with E-state index in [0.717, 1.165) is 29.2 Å². The minimum absolute atomic E-state index is 0.0347. The van der Waals surface area contributed by atoms with E-state index in [-0.39, 0.29) is 17.9 Å². The number of nitrogens with zero attached hydrogens (tertiary/aromatic N) is 2. The predicted molar refractivity (Wildman–Crippen MR) is 119 cm³/mol. The van der Waals surface area contributed by atoms with Crippen LogP contribution in [0.3, 0.4) is 0 Å². The molecule has 0 spiro atoms. The van der Waals surface area contributed by atoms with Gasteiger partial charge >= 0.3 is 0 Å². The number of thioether (sulfide) groups is 1. The van der Waals surface area contributed by atoms with Gasteiger partial charge in [0.25, 0.3) is 5.91 Å². The number of carbonyl (C=O) groups is 2.